The summed E-state index contributed by atoms with van der Waals surface area (Å²) in [4.78, 5) is 16.5. The number of nitrogens with one attached hydrogen (secondary N) is 1. The predicted molar refractivity (Wildman–Crippen MR) is 132 cm³/mol. The minimum Gasteiger partial charge on any atom is -0.497 e. The quantitative estimate of drug-likeness (QED) is 0.291. The standard InChI is InChI=1S/C28H20F3N3O2/c1-36-23-15-16-25-24(17-23)33-27(28(29,30)31)34(25)22-13-11-21(12-14-22)32-26(35)20-9-7-19(8-10-20)18-5-3-2-4-6-18/h2-17H,1H3,(H,32,35). The summed E-state index contributed by atoms with van der Waals surface area (Å²) >= 11 is 0. The molecule has 1 heterocycles. The summed E-state index contributed by atoms with van der Waals surface area (Å²) < 4.78 is 47.4. The molecule has 0 bridgehead atoms. The van der Waals surface area contributed by atoms with Crippen molar-refractivity contribution >= 4 is 22.6 Å². The molecule has 36 heavy (non-hydrogen) atoms. The van der Waals surface area contributed by atoms with Gasteiger partial charge in [0.25, 0.3) is 5.91 Å². The predicted octanol–water partition coefficient (Wildman–Crippen LogP) is 6.97. The maximum absolute atomic E-state index is 13.8. The van der Waals surface area contributed by atoms with Gasteiger partial charge in [0.1, 0.15) is 5.75 Å². The summed E-state index contributed by atoms with van der Waals surface area (Å²) in [5, 5.41) is 2.78. The highest BCUT2D eigenvalue weighted by molar-refractivity contribution is 6.04. The Balaban J connectivity index is 1.39. The number of halogens is 3. The van der Waals surface area contributed by atoms with E-state index in [1.54, 1.807) is 30.3 Å². The number of benzene rings is 4. The van der Waals surface area contributed by atoms with E-state index in [1.807, 2.05) is 42.5 Å². The van der Waals surface area contributed by atoms with Crippen LogP contribution in [0.4, 0.5) is 18.9 Å². The zero-order valence-corrected chi connectivity index (χ0v) is 19.1. The second kappa shape index (κ2) is 9.22. The molecule has 1 amide bonds. The molecule has 180 valence electrons. The molecule has 5 aromatic rings. The highest BCUT2D eigenvalue weighted by Crippen LogP contribution is 2.35. The molecule has 5 rings (SSSR count). The van der Waals surface area contributed by atoms with E-state index in [0.717, 1.165) is 15.7 Å². The highest BCUT2D eigenvalue weighted by Gasteiger charge is 2.38. The molecule has 0 spiro atoms. The number of alkyl halides is 3. The first-order valence-corrected chi connectivity index (χ1v) is 11.0. The van der Waals surface area contributed by atoms with Gasteiger partial charge in [-0.05, 0) is 59.7 Å². The number of carbonyl (C=O) groups excluding carboxylic acids is 1. The minimum absolute atomic E-state index is 0.165. The van der Waals surface area contributed by atoms with E-state index in [4.69, 9.17) is 4.74 Å². The Morgan fingerprint density at radius 1 is 0.861 bits per heavy atom. The summed E-state index contributed by atoms with van der Waals surface area (Å²) in [7, 11) is 1.44. The van der Waals surface area contributed by atoms with Gasteiger partial charge in [-0.1, -0.05) is 42.5 Å². The number of hydrogen-bond donors (Lipinski definition) is 1. The minimum atomic E-state index is -4.66. The molecule has 0 unspecified atom stereocenters. The number of amides is 1. The lowest BCUT2D eigenvalue weighted by atomic mass is 10.0. The van der Waals surface area contributed by atoms with Crippen LogP contribution in [0.3, 0.4) is 0 Å². The van der Waals surface area contributed by atoms with Gasteiger partial charge in [0, 0.05) is 23.0 Å². The number of aromatic nitrogens is 2. The van der Waals surface area contributed by atoms with Crippen LogP contribution in [0, 0.1) is 0 Å². The zero-order valence-electron chi connectivity index (χ0n) is 19.1. The number of rotatable bonds is 5. The average Bonchev–Trinajstić information content (AvgIpc) is 3.29. The molecule has 1 aromatic heterocycles. The van der Waals surface area contributed by atoms with Gasteiger partial charge in [0.15, 0.2) is 0 Å². The number of methoxy groups -OCH3 is 1. The van der Waals surface area contributed by atoms with Gasteiger partial charge in [0.2, 0.25) is 5.82 Å². The van der Waals surface area contributed by atoms with E-state index in [0.29, 0.717) is 22.5 Å². The third-order valence-electron chi connectivity index (χ3n) is 5.75. The van der Waals surface area contributed by atoms with Gasteiger partial charge in [0.05, 0.1) is 18.1 Å². The van der Waals surface area contributed by atoms with Crippen molar-refractivity contribution in [2.24, 2.45) is 0 Å². The molecule has 8 heteroatoms. The zero-order chi connectivity index (χ0) is 25.3. The van der Waals surface area contributed by atoms with Crippen LogP contribution >= 0.6 is 0 Å². The summed E-state index contributed by atoms with van der Waals surface area (Å²) in [6.07, 6.45) is -4.66. The first kappa shape index (κ1) is 23.2. The molecular formula is C28H20F3N3O2. The number of fused-ring (bicyclic) bond motifs is 1. The fraction of sp³-hybridized carbons (Fsp3) is 0.0714. The van der Waals surface area contributed by atoms with Gasteiger partial charge in [-0.2, -0.15) is 13.2 Å². The molecule has 0 fully saturated rings. The lowest BCUT2D eigenvalue weighted by Gasteiger charge is -2.13. The number of imidazole rings is 1. The van der Waals surface area contributed by atoms with E-state index in [1.165, 1.54) is 31.4 Å². The van der Waals surface area contributed by atoms with Crippen molar-refractivity contribution in [3.63, 3.8) is 0 Å². The largest absolute Gasteiger partial charge is 0.497 e. The Morgan fingerprint density at radius 2 is 1.53 bits per heavy atom. The number of ether oxygens (including phenoxy) is 1. The molecule has 0 saturated heterocycles. The average molecular weight is 487 g/mol. The topological polar surface area (TPSA) is 56.1 Å². The second-order valence-electron chi connectivity index (χ2n) is 8.07. The Kier molecular flexibility index (Phi) is 5.93. The smallest absolute Gasteiger partial charge is 0.450 e. The molecule has 0 aliphatic heterocycles. The van der Waals surface area contributed by atoms with Crippen molar-refractivity contribution in [1.29, 1.82) is 0 Å². The summed E-state index contributed by atoms with van der Waals surface area (Å²) in [6.45, 7) is 0. The van der Waals surface area contributed by atoms with Crippen LogP contribution in [0.1, 0.15) is 16.2 Å². The molecule has 1 N–H and O–H groups in total. The Hall–Kier alpha value is -4.59. The summed E-state index contributed by atoms with van der Waals surface area (Å²) in [5.41, 5.74) is 3.67. The van der Waals surface area contributed by atoms with Gasteiger partial charge in [-0.25, -0.2) is 4.98 Å². The Morgan fingerprint density at radius 3 is 2.17 bits per heavy atom. The molecular weight excluding hydrogens is 467 g/mol. The molecule has 4 aromatic carbocycles. The lowest BCUT2D eigenvalue weighted by molar-refractivity contribution is -0.145. The van der Waals surface area contributed by atoms with Crippen molar-refractivity contribution in [1.82, 2.24) is 9.55 Å². The number of nitrogens with zero attached hydrogens (tertiary/aromatic N) is 2. The third kappa shape index (κ3) is 4.53. The van der Waals surface area contributed by atoms with Crippen molar-refractivity contribution in [3.8, 4) is 22.6 Å². The highest BCUT2D eigenvalue weighted by atomic mass is 19.4. The monoisotopic (exact) mass is 487 g/mol. The fourth-order valence-corrected chi connectivity index (χ4v) is 3.98. The second-order valence-corrected chi connectivity index (χ2v) is 8.07. The van der Waals surface area contributed by atoms with Gasteiger partial charge >= 0.3 is 6.18 Å². The maximum Gasteiger partial charge on any atom is 0.450 e. The third-order valence-corrected chi connectivity index (χ3v) is 5.75. The van der Waals surface area contributed by atoms with Gasteiger partial charge in [-0.3, -0.25) is 9.36 Å². The van der Waals surface area contributed by atoms with E-state index in [2.05, 4.69) is 10.3 Å². The van der Waals surface area contributed by atoms with E-state index in [9.17, 15) is 18.0 Å². The summed E-state index contributed by atoms with van der Waals surface area (Å²) in [6, 6.07) is 27.7. The van der Waals surface area contributed by atoms with Crippen LogP contribution in [0.5, 0.6) is 5.75 Å². The first-order valence-electron chi connectivity index (χ1n) is 11.0. The molecule has 0 aliphatic rings. The van der Waals surface area contributed by atoms with E-state index >= 15 is 0 Å². The van der Waals surface area contributed by atoms with Crippen molar-refractivity contribution in [3.05, 3.63) is 108 Å². The van der Waals surface area contributed by atoms with Crippen LogP contribution in [-0.4, -0.2) is 22.6 Å². The molecule has 0 aliphatic carbocycles. The van der Waals surface area contributed by atoms with Crippen LogP contribution < -0.4 is 10.1 Å². The number of anilines is 1. The lowest BCUT2D eigenvalue weighted by Crippen LogP contribution is -2.14. The molecule has 0 saturated carbocycles. The molecule has 0 radical (unpaired) electrons. The Labute approximate surface area is 204 Å². The normalized spacial score (nSPS) is 11.4. The van der Waals surface area contributed by atoms with Crippen LogP contribution in [0.2, 0.25) is 0 Å². The van der Waals surface area contributed by atoms with Gasteiger partial charge < -0.3 is 10.1 Å². The number of hydrogen-bond acceptors (Lipinski definition) is 3. The number of carbonyl (C=O) groups is 1. The van der Waals surface area contributed by atoms with Crippen LogP contribution in [0.15, 0.2) is 97.1 Å². The SMILES string of the molecule is COc1ccc2c(c1)nc(C(F)(F)F)n2-c1ccc(NC(=O)c2ccc(-c3ccccc3)cc2)cc1. The Bertz CT molecular complexity index is 1530. The van der Waals surface area contributed by atoms with E-state index < -0.39 is 12.0 Å². The maximum atomic E-state index is 13.8. The van der Waals surface area contributed by atoms with Crippen molar-refractivity contribution < 1.29 is 22.7 Å². The van der Waals surface area contributed by atoms with Crippen LogP contribution in [0.25, 0.3) is 27.8 Å². The van der Waals surface area contributed by atoms with Gasteiger partial charge in [-0.15, -0.1) is 0 Å². The first-order chi connectivity index (χ1) is 17.3. The van der Waals surface area contributed by atoms with Crippen LogP contribution in [-0.2, 0) is 6.18 Å². The molecule has 0 atom stereocenters. The van der Waals surface area contributed by atoms with Crippen molar-refractivity contribution in [2.75, 3.05) is 12.4 Å². The van der Waals surface area contributed by atoms with E-state index in [-0.39, 0.29) is 17.1 Å². The van der Waals surface area contributed by atoms with Crippen molar-refractivity contribution in [2.45, 2.75) is 6.18 Å². The summed E-state index contributed by atoms with van der Waals surface area (Å²) in [5.74, 6) is -0.949. The molecule has 5 nitrogen and oxygen atoms in total. The fourth-order valence-electron chi connectivity index (χ4n) is 3.98.